The summed E-state index contributed by atoms with van der Waals surface area (Å²) >= 11 is 7.47. The van der Waals surface area contributed by atoms with Gasteiger partial charge in [0.15, 0.2) is 15.0 Å². The van der Waals surface area contributed by atoms with Crippen LogP contribution in [0.1, 0.15) is 17.9 Å². The number of hydrogen-bond donors (Lipinski definition) is 1. The van der Waals surface area contributed by atoms with Crippen molar-refractivity contribution in [2.24, 2.45) is 5.92 Å². The summed E-state index contributed by atoms with van der Waals surface area (Å²) < 4.78 is 24.0. The molecule has 134 valence electrons. The fraction of sp³-hybridized carbons (Fsp3) is 0.222. The normalized spacial score (nSPS) is 19.5. The number of rotatable bonds is 4. The summed E-state index contributed by atoms with van der Waals surface area (Å²) in [4.78, 5) is 17.1. The maximum Gasteiger partial charge on any atom is 0.229 e. The molecule has 3 aromatic rings. The topological polar surface area (TPSA) is 76.1 Å². The summed E-state index contributed by atoms with van der Waals surface area (Å²) in [6.45, 7) is 0. The molecular weight excluding hydrogens is 392 g/mol. The molecule has 1 aliphatic carbocycles. The van der Waals surface area contributed by atoms with Crippen LogP contribution in [0.15, 0.2) is 47.4 Å². The highest BCUT2D eigenvalue weighted by molar-refractivity contribution is 7.90. The lowest BCUT2D eigenvalue weighted by Gasteiger charge is -2.03. The largest absolute Gasteiger partial charge is 0.302 e. The minimum atomic E-state index is -3.27. The molecule has 1 aliphatic rings. The number of thiazole rings is 1. The van der Waals surface area contributed by atoms with E-state index in [0.717, 1.165) is 16.7 Å². The van der Waals surface area contributed by atoms with E-state index in [1.54, 1.807) is 12.1 Å². The van der Waals surface area contributed by atoms with Gasteiger partial charge in [0.05, 0.1) is 15.1 Å². The number of hydrogen-bond acceptors (Lipinski definition) is 5. The third kappa shape index (κ3) is 3.34. The molecule has 1 amide bonds. The van der Waals surface area contributed by atoms with Crippen molar-refractivity contribution in [3.05, 3.63) is 53.1 Å². The molecular formula is C18H15ClN2O3S2. The Morgan fingerprint density at radius 1 is 1.27 bits per heavy atom. The maximum atomic E-state index is 12.5. The van der Waals surface area contributed by atoms with Gasteiger partial charge in [-0.25, -0.2) is 13.4 Å². The lowest BCUT2D eigenvalue weighted by Crippen LogP contribution is -2.14. The highest BCUT2D eigenvalue weighted by atomic mass is 35.5. The molecule has 2 aromatic carbocycles. The zero-order valence-corrected chi connectivity index (χ0v) is 16.2. The predicted molar refractivity (Wildman–Crippen MR) is 104 cm³/mol. The van der Waals surface area contributed by atoms with E-state index in [2.05, 4.69) is 10.3 Å². The number of benzene rings is 2. The zero-order chi connectivity index (χ0) is 18.5. The minimum absolute atomic E-state index is 0.0858. The zero-order valence-electron chi connectivity index (χ0n) is 13.8. The van der Waals surface area contributed by atoms with Gasteiger partial charge < -0.3 is 5.32 Å². The molecule has 1 fully saturated rings. The quantitative estimate of drug-likeness (QED) is 0.707. The van der Waals surface area contributed by atoms with Crippen LogP contribution in [0.3, 0.4) is 0 Å². The molecule has 1 aromatic heterocycles. The molecule has 26 heavy (non-hydrogen) atoms. The Kier molecular flexibility index (Phi) is 4.25. The van der Waals surface area contributed by atoms with Gasteiger partial charge in [0, 0.05) is 17.2 Å². The number of amides is 1. The molecule has 0 radical (unpaired) electrons. The first-order valence-corrected chi connectivity index (χ1v) is 11.1. The fourth-order valence-electron chi connectivity index (χ4n) is 2.99. The van der Waals surface area contributed by atoms with E-state index in [4.69, 9.17) is 11.6 Å². The SMILES string of the molecule is CS(=O)(=O)c1ccc2nc(NC(=O)C3CC3c3ccccc3Cl)sc2c1. The molecule has 5 nitrogen and oxygen atoms in total. The van der Waals surface area contributed by atoms with E-state index in [0.29, 0.717) is 15.7 Å². The third-order valence-corrected chi connectivity index (χ3v) is 6.84. The van der Waals surface area contributed by atoms with E-state index in [9.17, 15) is 13.2 Å². The second kappa shape index (κ2) is 6.33. The molecule has 4 rings (SSSR count). The molecule has 0 bridgehead atoms. The minimum Gasteiger partial charge on any atom is -0.302 e. The van der Waals surface area contributed by atoms with Crippen LogP contribution in [-0.2, 0) is 14.6 Å². The van der Waals surface area contributed by atoms with E-state index in [1.807, 2.05) is 24.3 Å². The second-order valence-corrected chi connectivity index (χ2v) is 9.83. The average Bonchev–Trinajstić information content (AvgIpc) is 3.27. The van der Waals surface area contributed by atoms with Crippen LogP contribution in [0.25, 0.3) is 10.2 Å². The number of carbonyl (C=O) groups excluding carboxylic acids is 1. The molecule has 0 saturated heterocycles. The summed E-state index contributed by atoms with van der Waals surface area (Å²) in [5.74, 6) is -0.0688. The van der Waals surface area contributed by atoms with Crippen molar-refractivity contribution in [3.63, 3.8) is 0 Å². The smallest absolute Gasteiger partial charge is 0.229 e. The number of halogens is 1. The van der Waals surface area contributed by atoms with Gasteiger partial charge in [-0.1, -0.05) is 41.1 Å². The van der Waals surface area contributed by atoms with Gasteiger partial charge in [0.25, 0.3) is 0 Å². The maximum absolute atomic E-state index is 12.5. The van der Waals surface area contributed by atoms with Crippen LogP contribution in [0.4, 0.5) is 5.13 Å². The number of nitrogens with one attached hydrogen (secondary N) is 1. The van der Waals surface area contributed by atoms with Gasteiger partial charge in [-0.3, -0.25) is 4.79 Å². The summed E-state index contributed by atoms with van der Waals surface area (Å²) in [5.41, 5.74) is 1.66. The van der Waals surface area contributed by atoms with Gasteiger partial charge >= 0.3 is 0 Å². The standard InChI is InChI=1S/C18H15ClN2O3S2/c1-26(23,24)10-6-7-15-16(8-10)25-18(20-15)21-17(22)13-9-12(13)11-4-2-3-5-14(11)19/h2-8,12-13H,9H2,1H3,(H,20,21,22). The Balaban J connectivity index is 1.51. The summed E-state index contributed by atoms with van der Waals surface area (Å²) in [7, 11) is -3.27. The second-order valence-electron chi connectivity index (χ2n) is 6.38. The number of nitrogens with zero attached hydrogens (tertiary/aromatic N) is 1. The molecule has 1 heterocycles. The monoisotopic (exact) mass is 406 g/mol. The van der Waals surface area contributed by atoms with Crippen molar-refractivity contribution in [2.75, 3.05) is 11.6 Å². The van der Waals surface area contributed by atoms with Crippen LogP contribution < -0.4 is 5.32 Å². The van der Waals surface area contributed by atoms with Crippen LogP contribution in [0.5, 0.6) is 0 Å². The van der Waals surface area contributed by atoms with E-state index >= 15 is 0 Å². The highest BCUT2D eigenvalue weighted by Gasteiger charge is 2.45. The molecule has 0 spiro atoms. The molecule has 0 aliphatic heterocycles. The van der Waals surface area contributed by atoms with Crippen LogP contribution in [-0.4, -0.2) is 25.6 Å². The Labute approximate surface area is 159 Å². The fourth-order valence-corrected chi connectivity index (χ4v) is 4.90. The number of anilines is 1. The van der Waals surface area contributed by atoms with Crippen molar-refractivity contribution in [1.29, 1.82) is 0 Å². The Morgan fingerprint density at radius 2 is 2.04 bits per heavy atom. The van der Waals surface area contributed by atoms with Crippen molar-refractivity contribution in [3.8, 4) is 0 Å². The first-order chi connectivity index (χ1) is 12.3. The molecule has 1 N–H and O–H groups in total. The first kappa shape index (κ1) is 17.5. The Bertz CT molecular complexity index is 1120. The lowest BCUT2D eigenvalue weighted by molar-refractivity contribution is -0.117. The van der Waals surface area contributed by atoms with Gasteiger partial charge in [-0.05, 0) is 42.2 Å². The van der Waals surface area contributed by atoms with Crippen molar-refractivity contribution >= 4 is 54.0 Å². The lowest BCUT2D eigenvalue weighted by atomic mass is 10.1. The Hall–Kier alpha value is -1.96. The first-order valence-electron chi connectivity index (χ1n) is 7.99. The molecule has 2 atom stereocenters. The van der Waals surface area contributed by atoms with Crippen molar-refractivity contribution in [2.45, 2.75) is 17.2 Å². The van der Waals surface area contributed by atoms with Gasteiger partial charge in [-0.2, -0.15) is 0 Å². The van der Waals surface area contributed by atoms with Gasteiger partial charge in [0.1, 0.15) is 0 Å². The molecule has 8 heteroatoms. The van der Waals surface area contributed by atoms with Crippen molar-refractivity contribution < 1.29 is 13.2 Å². The average molecular weight is 407 g/mol. The Morgan fingerprint density at radius 3 is 2.77 bits per heavy atom. The van der Waals surface area contributed by atoms with Crippen LogP contribution >= 0.6 is 22.9 Å². The third-order valence-electron chi connectivity index (χ3n) is 4.45. The van der Waals surface area contributed by atoms with E-state index < -0.39 is 9.84 Å². The van der Waals surface area contributed by atoms with Crippen LogP contribution in [0.2, 0.25) is 5.02 Å². The van der Waals surface area contributed by atoms with Gasteiger partial charge in [0.2, 0.25) is 5.91 Å². The number of sulfone groups is 1. The number of fused-ring (bicyclic) bond motifs is 1. The molecule has 2 unspecified atom stereocenters. The van der Waals surface area contributed by atoms with E-state index in [-0.39, 0.29) is 22.6 Å². The highest BCUT2D eigenvalue weighted by Crippen LogP contribution is 2.50. The van der Waals surface area contributed by atoms with Crippen molar-refractivity contribution in [1.82, 2.24) is 4.98 Å². The summed E-state index contributed by atoms with van der Waals surface area (Å²) in [6, 6.07) is 12.3. The van der Waals surface area contributed by atoms with Crippen LogP contribution in [0, 0.1) is 5.92 Å². The summed E-state index contributed by atoms with van der Waals surface area (Å²) in [5, 5.41) is 4.00. The number of aromatic nitrogens is 1. The summed E-state index contributed by atoms with van der Waals surface area (Å²) in [6.07, 6.45) is 1.93. The molecule has 1 saturated carbocycles. The predicted octanol–water partition coefficient (Wildman–Crippen LogP) is 4.10. The van der Waals surface area contributed by atoms with E-state index in [1.165, 1.54) is 23.7 Å². The number of carbonyl (C=O) groups is 1. The van der Waals surface area contributed by atoms with Gasteiger partial charge in [-0.15, -0.1) is 0 Å².